The van der Waals surface area contributed by atoms with Gasteiger partial charge in [-0.05, 0) is 39.2 Å². The van der Waals surface area contributed by atoms with E-state index < -0.39 is 0 Å². The summed E-state index contributed by atoms with van der Waals surface area (Å²) in [5.41, 5.74) is 5.85. The average Bonchev–Trinajstić information content (AvgIpc) is 2.69. The molecule has 0 bridgehead atoms. The zero-order valence-corrected chi connectivity index (χ0v) is 9.98. The third-order valence-electron chi connectivity index (χ3n) is 4.00. The fourth-order valence-electron chi connectivity index (χ4n) is 3.12. The van der Waals surface area contributed by atoms with E-state index in [2.05, 4.69) is 18.7 Å². The summed E-state index contributed by atoms with van der Waals surface area (Å²) in [5.74, 6) is 0.720. The number of hydrogen-bond donors (Lipinski definition) is 1. The van der Waals surface area contributed by atoms with Crippen molar-refractivity contribution < 1.29 is 4.74 Å². The molecule has 2 rings (SSSR count). The van der Waals surface area contributed by atoms with Gasteiger partial charge in [0.1, 0.15) is 0 Å². The van der Waals surface area contributed by atoms with Crippen molar-refractivity contribution in [2.24, 2.45) is 11.7 Å². The lowest BCUT2D eigenvalue weighted by molar-refractivity contribution is -0.0710. The number of nitrogens with zero attached hydrogens (tertiary/aromatic N) is 1. The summed E-state index contributed by atoms with van der Waals surface area (Å²) in [4.78, 5) is 2.64. The Balaban J connectivity index is 2.00. The predicted molar refractivity (Wildman–Crippen MR) is 61.8 cm³/mol. The first-order chi connectivity index (χ1) is 7.22. The Morgan fingerprint density at radius 2 is 2.13 bits per heavy atom. The molecule has 3 heteroatoms. The molecule has 0 radical (unpaired) electrons. The van der Waals surface area contributed by atoms with E-state index in [-0.39, 0.29) is 0 Å². The van der Waals surface area contributed by atoms with Gasteiger partial charge < -0.3 is 10.5 Å². The van der Waals surface area contributed by atoms with Gasteiger partial charge in [-0.25, -0.2) is 0 Å². The van der Waals surface area contributed by atoms with Crippen LogP contribution in [0.15, 0.2) is 0 Å². The van der Waals surface area contributed by atoms with Crippen molar-refractivity contribution in [3.63, 3.8) is 0 Å². The lowest BCUT2D eigenvalue weighted by atomic mass is 9.99. The van der Waals surface area contributed by atoms with E-state index in [4.69, 9.17) is 10.5 Å². The maximum Gasteiger partial charge on any atom is 0.0674 e. The van der Waals surface area contributed by atoms with Gasteiger partial charge in [0.05, 0.1) is 12.7 Å². The van der Waals surface area contributed by atoms with Crippen molar-refractivity contribution in [2.45, 2.75) is 51.3 Å². The number of nitrogens with two attached hydrogens (primary N) is 1. The zero-order chi connectivity index (χ0) is 10.8. The van der Waals surface area contributed by atoms with Gasteiger partial charge in [-0.1, -0.05) is 6.42 Å². The minimum absolute atomic E-state index is 0.389. The molecule has 0 aromatic heterocycles. The molecule has 1 aliphatic heterocycles. The van der Waals surface area contributed by atoms with E-state index in [1.807, 2.05) is 0 Å². The highest BCUT2D eigenvalue weighted by Crippen LogP contribution is 2.31. The van der Waals surface area contributed by atoms with Crippen LogP contribution in [0.5, 0.6) is 0 Å². The Kier molecular flexibility index (Phi) is 3.65. The Labute approximate surface area is 93.0 Å². The van der Waals surface area contributed by atoms with E-state index in [1.54, 1.807) is 0 Å². The molecular weight excluding hydrogens is 188 g/mol. The van der Waals surface area contributed by atoms with Crippen molar-refractivity contribution in [3.05, 3.63) is 0 Å². The fraction of sp³-hybridized carbons (Fsp3) is 1.00. The predicted octanol–water partition coefficient (Wildman–Crippen LogP) is 1.22. The van der Waals surface area contributed by atoms with Gasteiger partial charge >= 0.3 is 0 Å². The number of rotatable bonds is 2. The van der Waals surface area contributed by atoms with Crippen molar-refractivity contribution in [1.82, 2.24) is 4.90 Å². The third kappa shape index (κ3) is 2.35. The van der Waals surface area contributed by atoms with Crippen molar-refractivity contribution >= 4 is 0 Å². The second-order valence-corrected chi connectivity index (χ2v) is 5.18. The maximum atomic E-state index is 5.85. The van der Waals surface area contributed by atoms with Gasteiger partial charge in [0.2, 0.25) is 0 Å². The molecular formula is C12H24N2O. The molecule has 4 unspecified atom stereocenters. The second kappa shape index (κ2) is 4.81. The van der Waals surface area contributed by atoms with Crippen molar-refractivity contribution in [1.29, 1.82) is 0 Å². The van der Waals surface area contributed by atoms with E-state index in [0.29, 0.717) is 12.1 Å². The molecule has 1 saturated heterocycles. The fourth-order valence-corrected chi connectivity index (χ4v) is 3.12. The molecule has 0 amide bonds. The quantitative estimate of drug-likeness (QED) is 0.748. The summed E-state index contributed by atoms with van der Waals surface area (Å²) < 4.78 is 5.68. The summed E-state index contributed by atoms with van der Waals surface area (Å²) in [6, 6.07) is 1.29. The molecule has 4 atom stereocenters. The number of morpholine rings is 1. The van der Waals surface area contributed by atoms with Crippen LogP contribution in [0.3, 0.4) is 0 Å². The molecule has 15 heavy (non-hydrogen) atoms. The standard InChI is InChI=1S/C12H24N2O/c1-9-8-15-10(2)7-14(9)12-5-3-4-11(12)6-13/h9-12H,3-8,13H2,1-2H3. The van der Waals surface area contributed by atoms with Gasteiger partial charge in [0.25, 0.3) is 0 Å². The van der Waals surface area contributed by atoms with Gasteiger partial charge in [0.15, 0.2) is 0 Å². The number of hydrogen-bond acceptors (Lipinski definition) is 3. The first-order valence-corrected chi connectivity index (χ1v) is 6.29. The van der Waals surface area contributed by atoms with Crippen LogP contribution in [0.4, 0.5) is 0 Å². The highest BCUT2D eigenvalue weighted by molar-refractivity contribution is 4.90. The van der Waals surface area contributed by atoms with Crippen molar-refractivity contribution in [2.75, 3.05) is 19.7 Å². The smallest absolute Gasteiger partial charge is 0.0674 e. The van der Waals surface area contributed by atoms with Gasteiger partial charge in [-0.15, -0.1) is 0 Å². The van der Waals surface area contributed by atoms with Crippen LogP contribution in [0.1, 0.15) is 33.1 Å². The third-order valence-corrected chi connectivity index (χ3v) is 4.00. The van der Waals surface area contributed by atoms with Crippen LogP contribution >= 0.6 is 0 Å². The SMILES string of the molecule is CC1CN(C2CCCC2CN)C(C)CO1. The number of ether oxygens (including phenoxy) is 1. The molecule has 3 nitrogen and oxygen atoms in total. The summed E-state index contributed by atoms with van der Waals surface area (Å²) >= 11 is 0. The first kappa shape index (κ1) is 11.4. The molecule has 0 aromatic carbocycles. The Hall–Kier alpha value is -0.120. The minimum Gasteiger partial charge on any atom is -0.376 e. The molecule has 0 aromatic rings. The molecule has 0 spiro atoms. The van der Waals surface area contributed by atoms with Gasteiger partial charge in [0, 0.05) is 18.6 Å². The molecule has 1 saturated carbocycles. The maximum absolute atomic E-state index is 5.85. The highest BCUT2D eigenvalue weighted by atomic mass is 16.5. The van der Waals surface area contributed by atoms with Crippen LogP contribution in [0.25, 0.3) is 0 Å². The average molecular weight is 212 g/mol. The Bertz CT molecular complexity index is 210. The second-order valence-electron chi connectivity index (χ2n) is 5.18. The van der Waals surface area contributed by atoms with Crippen LogP contribution < -0.4 is 5.73 Å². The molecule has 88 valence electrons. The van der Waals surface area contributed by atoms with Crippen LogP contribution in [-0.2, 0) is 4.74 Å². The van der Waals surface area contributed by atoms with E-state index in [1.165, 1.54) is 19.3 Å². The summed E-state index contributed by atoms with van der Waals surface area (Å²) in [7, 11) is 0. The van der Waals surface area contributed by atoms with Crippen LogP contribution in [-0.4, -0.2) is 42.8 Å². The molecule has 2 fully saturated rings. The lowest BCUT2D eigenvalue weighted by Crippen LogP contribution is -2.53. The van der Waals surface area contributed by atoms with Gasteiger partial charge in [-0.2, -0.15) is 0 Å². The largest absolute Gasteiger partial charge is 0.376 e. The topological polar surface area (TPSA) is 38.5 Å². The molecule has 1 heterocycles. The van der Waals surface area contributed by atoms with Crippen LogP contribution in [0, 0.1) is 5.92 Å². The Morgan fingerprint density at radius 1 is 1.33 bits per heavy atom. The monoisotopic (exact) mass is 212 g/mol. The normalized spacial score (nSPS) is 43.4. The lowest BCUT2D eigenvalue weighted by Gasteiger charge is -2.42. The zero-order valence-electron chi connectivity index (χ0n) is 9.98. The molecule has 2 N–H and O–H groups in total. The molecule has 1 aliphatic carbocycles. The van der Waals surface area contributed by atoms with Gasteiger partial charge in [-0.3, -0.25) is 4.90 Å². The summed E-state index contributed by atoms with van der Waals surface area (Å²) in [6.45, 7) is 7.27. The first-order valence-electron chi connectivity index (χ1n) is 6.29. The van der Waals surface area contributed by atoms with E-state index >= 15 is 0 Å². The highest BCUT2D eigenvalue weighted by Gasteiger charge is 2.36. The minimum atomic E-state index is 0.389. The summed E-state index contributed by atoms with van der Waals surface area (Å²) in [5, 5.41) is 0. The molecule has 2 aliphatic rings. The van der Waals surface area contributed by atoms with Crippen molar-refractivity contribution in [3.8, 4) is 0 Å². The Morgan fingerprint density at radius 3 is 2.87 bits per heavy atom. The van der Waals surface area contributed by atoms with E-state index in [9.17, 15) is 0 Å². The van der Waals surface area contributed by atoms with Crippen LogP contribution in [0.2, 0.25) is 0 Å². The summed E-state index contributed by atoms with van der Waals surface area (Å²) in [6.07, 6.45) is 4.39. The van der Waals surface area contributed by atoms with E-state index in [0.717, 1.165) is 31.7 Å².